The number of rotatable bonds is 1. The van der Waals surface area contributed by atoms with Crippen molar-refractivity contribution in [2.75, 3.05) is 31.2 Å². The van der Waals surface area contributed by atoms with E-state index in [0.29, 0.717) is 32.8 Å². The number of carbonyl (C=O) groups is 2. The smallest absolute Gasteiger partial charge is 0.410 e. The van der Waals surface area contributed by atoms with Crippen LogP contribution in [0.25, 0.3) is 0 Å². The van der Waals surface area contributed by atoms with Gasteiger partial charge in [-0.25, -0.2) is 4.79 Å². The van der Waals surface area contributed by atoms with Crippen LogP contribution in [0.2, 0.25) is 0 Å². The molecule has 1 aromatic rings. The number of nitrogens with zero attached hydrogens (tertiary/aromatic N) is 4. The lowest BCUT2D eigenvalue weighted by atomic mass is 10.2. The predicted molar refractivity (Wildman–Crippen MR) is 82.0 cm³/mol. The van der Waals surface area contributed by atoms with Gasteiger partial charge in [0, 0.05) is 13.1 Å². The van der Waals surface area contributed by atoms with Crippen LogP contribution in [0.1, 0.15) is 26.5 Å². The minimum absolute atomic E-state index is 0.0820. The largest absolute Gasteiger partial charge is 0.444 e. The highest BCUT2D eigenvalue weighted by atomic mass is 16.6. The molecule has 0 saturated carbocycles. The van der Waals surface area contributed by atoms with Gasteiger partial charge in [0.2, 0.25) is 0 Å². The van der Waals surface area contributed by atoms with Gasteiger partial charge in [0.15, 0.2) is 0 Å². The molecule has 8 heteroatoms. The molecule has 2 amide bonds. The van der Waals surface area contributed by atoms with E-state index in [4.69, 9.17) is 9.47 Å². The molecule has 0 radical (unpaired) electrons. The molecule has 0 spiro atoms. The van der Waals surface area contributed by atoms with Crippen LogP contribution in [0.3, 0.4) is 0 Å². The van der Waals surface area contributed by atoms with Crippen LogP contribution < -0.4 is 4.90 Å². The lowest BCUT2D eigenvalue weighted by Crippen LogP contribution is -2.44. The Kier molecular flexibility index (Phi) is 4.01. The minimum atomic E-state index is -0.530. The third kappa shape index (κ3) is 3.31. The Hall–Kier alpha value is -2.09. The van der Waals surface area contributed by atoms with Gasteiger partial charge >= 0.3 is 6.09 Å². The molecule has 2 aliphatic heterocycles. The molecular formula is C15H22N4O4. The number of hydrogen-bond donors (Lipinski definition) is 0. The number of morpholine rings is 1. The fraction of sp³-hybridized carbons (Fsp3) is 0.667. The Morgan fingerprint density at radius 3 is 2.78 bits per heavy atom. The van der Waals surface area contributed by atoms with Gasteiger partial charge in [-0.1, -0.05) is 0 Å². The first kappa shape index (κ1) is 15.8. The second kappa shape index (κ2) is 5.84. The number of aromatic nitrogens is 2. The number of hydrogen-bond acceptors (Lipinski definition) is 5. The van der Waals surface area contributed by atoms with Gasteiger partial charge in [-0.05, 0) is 20.8 Å². The third-order valence-electron chi connectivity index (χ3n) is 3.78. The predicted octanol–water partition coefficient (Wildman–Crippen LogP) is 0.997. The Morgan fingerprint density at radius 1 is 1.30 bits per heavy atom. The van der Waals surface area contributed by atoms with E-state index in [9.17, 15) is 9.59 Å². The fourth-order valence-corrected chi connectivity index (χ4v) is 2.71. The number of ether oxygens (including phenoxy) is 2. The summed E-state index contributed by atoms with van der Waals surface area (Å²) in [6.07, 6.45) is 1.35. The van der Waals surface area contributed by atoms with Gasteiger partial charge in [0.1, 0.15) is 12.2 Å². The zero-order chi connectivity index (χ0) is 16.6. The summed E-state index contributed by atoms with van der Waals surface area (Å²) in [5, 5.41) is 4.34. The third-order valence-corrected chi connectivity index (χ3v) is 3.78. The first-order valence-corrected chi connectivity index (χ1v) is 7.76. The van der Waals surface area contributed by atoms with Gasteiger partial charge in [-0.3, -0.25) is 9.48 Å². The monoisotopic (exact) mass is 322 g/mol. The highest BCUT2D eigenvalue weighted by molar-refractivity contribution is 5.95. The van der Waals surface area contributed by atoms with Crippen LogP contribution in [0.5, 0.6) is 0 Å². The molecule has 0 unspecified atom stereocenters. The maximum atomic E-state index is 12.3. The van der Waals surface area contributed by atoms with Crippen LogP contribution in [0, 0.1) is 0 Å². The van der Waals surface area contributed by atoms with Crippen LogP contribution in [-0.4, -0.2) is 58.6 Å². The molecule has 8 nitrogen and oxygen atoms in total. The summed E-state index contributed by atoms with van der Waals surface area (Å²) in [5.41, 5.74) is 1.08. The fourth-order valence-electron chi connectivity index (χ4n) is 2.71. The molecule has 3 rings (SSSR count). The second-order valence-electron chi connectivity index (χ2n) is 6.70. The van der Waals surface area contributed by atoms with E-state index in [1.807, 2.05) is 25.5 Å². The topological polar surface area (TPSA) is 76.9 Å². The molecule has 3 heterocycles. The van der Waals surface area contributed by atoms with E-state index in [2.05, 4.69) is 5.10 Å². The molecule has 0 atom stereocenters. The van der Waals surface area contributed by atoms with Crippen molar-refractivity contribution in [3.8, 4) is 0 Å². The molecule has 1 saturated heterocycles. The Bertz CT molecular complexity index is 619. The molecular weight excluding hydrogens is 300 g/mol. The highest BCUT2D eigenvalue weighted by Crippen LogP contribution is 2.26. The van der Waals surface area contributed by atoms with Crippen molar-refractivity contribution in [1.82, 2.24) is 14.7 Å². The van der Waals surface area contributed by atoms with E-state index in [1.165, 1.54) is 0 Å². The van der Waals surface area contributed by atoms with Gasteiger partial charge in [-0.2, -0.15) is 5.10 Å². The second-order valence-corrected chi connectivity index (χ2v) is 6.70. The summed E-state index contributed by atoms with van der Waals surface area (Å²) < 4.78 is 12.4. The van der Waals surface area contributed by atoms with E-state index in [0.717, 1.165) is 11.4 Å². The van der Waals surface area contributed by atoms with Crippen molar-refractivity contribution in [2.45, 2.75) is 39.5 Å². The summed E-state index contributed by atoms with van der Waals surface area (Å²) in [7, 11) is 0. The van der Waals surface area contributed by atoms with E-state index >= 15 is 0 Å². The molecule has 1 aromatic heterocycles. The van der Waals surface area contributed by atoms with Crippen LogP contribution in [0.15, 0.2) is 6.20 Å². The maximum Gasteiger partial charge on any atom is 0.410 e. The lowest BCUT2D eigenvalue weighted by molar-refractivity contribution is -0.125. The van der Waals surface area contributed by atoms with Crippen molar-refractivity contribution in [2.24, 2.45) is 0 Å². The quantitative estimate of drug-likeness (QED) is 0.771. The van der Waals surface area contributed by atoms with Crippen LogP contribution in [0.4, 0.5) is 10.5 Å². The Morgan fingerprint density at radius 2 is 2.09 bits per heavy atom. The van der Waals surface area contributed by atoms with Crippen LogP contribution in [-0.2, 0) is 27.4 Å². The summed E-state index contributed by atoms with van der Waals surface area (Å²) in [6, 6.07) is 0. The number of anilines is 1. The molecule has 0 aromatic carbocycles. The zero-order valence-electron chi connectivity index (χ0n) is 13.7. The summed E-state index contributed by atoms with van der Waals surface area (Å²) in [4.78, 5) is 27.6. The zero-order valence-corrected chi connectivity index (χ0v) is 13.7. The SMILES string of the molecule is CC(C)(C)OC(=O)N1CCn2ncc(N3CCOCC3=O)c2C1. The van der Waals surface area contributed by atoms with Crippen molar-refractivity contribution < 1.29 is 19.1 Å². The molecule has 23 heavy (non-hydrogen) atoms. The summed E-state index contributed by atoms with van der Waals surface area (Å²) in [6.45, 7) is 8.14. The highest BCUT2D eigenvalue weighted by Gasteiger charge is 2.31. The molecule has 1 fully saturated rings. The summed E-state index contributed by atoms with van der Waals surface area (Å²) in [5.74, 6) is -0.0820. The maximum absolute atomic E-state index is 12.3. The Balaban J connectivity index is 1.78. The van der Waals surface area contributed by atoms with Crippen LogP contribution >= 0.6 is 0 Å². The minimum Gasteiger partial charge on any atom is -0.444 e. The molecule has 0 aliphatic carbocycles. The first-order valence-electron chi connectivity index (χ1n) is 7.76. The Labute approximate surface area is 134 Å². The van der Waals surface area contributed by atoms with Gasteiger partial charge in [-0.15, -0.1) is 0 Å². The molecule has 126 valence electrons. The van der Waals surface area contributed by atoms with E-state index in [1.54, 1.807) is 16.0 Å². The number of amides is 2. The number of carbonyl (C=O) groups excluding carboxylic acids is 2. The van der Waals surface area contributed by atoms with Gasteiger partial charge < -0.3 is 19.3 Å². The van der Waals surface area contributed by atoms with Gasteiger partial charge in [0.25, 0.3) is 5.91 Å². The molecule has 2 aliphatic rings. The van der Waals surface area contributed by atoms with Crippen molar-refractivity contribution in [3.63, 3.8) is 0 Å². The standard InChI is InChI=1S/C15H22N4O4/c1-15(2,3)23-14(21)17-4-5-19-12(9-17)11(8-16-19)18-6-7-22-10-13(18)20/h8H,4-7,9-10H2,1-3H3. The first-order chi connectivity index (χ1) is 10.8. The van der Waals surface area contributed by atoms with Crippen molar-refractivity contribution in [3.05, 3.63) is 11.9 Å². The molecule has 0 N–H and O–H groups in total. The average Bonchev–Trinajstić information content (AvgIpc) is 2.89. The van der Waals surface area contributed by atoms with Crippen molar-refractivity contribution in [1.29, 1.82) is 0 Å². The average molecular weight is 322 g/mol. The normalized spacial score (nSPS) is 18.8. The van der Waals surface area contributed by atoms with Crippen molar-refractivity contribution >= 4 is 17.7 Å². The van der Waals surface area contributed by atoms with E-state index in [-0.39, 0.29) is 18.6 Å². The molecule has 0 bridgehead atoms. The van der Waals surface area contributed by atoms with E-state index < -0.39 is 5.60 Å². The number of fused-ring (bicyclic) bond motifs is 1. The van der Waals surface area contributed by atoms with Gasteiger partial charge in [0.05, 0.1) is 37.3 Å². The summed E-state index contributed by atoms with van der Waals surface area (Å²) >= 11 is 0. The lowest BCUT2D eigenvalue weighted by Gasteiger charge is -2.32.